The van der Waals surface area contributed by atoms with Crippen LogP contribution < -0.4 is 10.1 Å². The second kappa shape index (κ2) is 10.6. The van der Waals surface area contributed by atoms with Crippen LogP contribution in [0.1, 0.15) is 24.5 Å². The van der Waals surface area contributed by atoms with Gasteiger partial charge in [0.25, 0.3) is 0 Å². The van der Waals surface area contributed by atoms with E-state index in [1.54, 1.807) is 18.9 Å². The summed E-state index contributed by atoms with van der Waals surface area (Å²) in [6, 6.07) is 15.4. The van der Waals surface area contributed by atoms with Crippen LogP contribution in [0, 0.1) is 5.92 Å². The number of thioether (sulfide) groups is 1. The number of rotatable bonds is 10. The first-order chi connectivity index (χ1) is 13.0. The Morgan fingerprint density at radius 1 is 1.15 bits per heavy atom. The van der Waals surface area contributed by atoms with E-state index >= 15 is 0 Å². The van der Waals surface area contributed by atoms with E-state index in [2.05, 4.69) is 5.32 Å². The molecule has 2 N–H and O–H groups in total. The number of carbonyl (C=O) groups is 2. The van der Waals surface area contributed by atoms with Crippen LogP contribution in [-0.4, -0.2) is 29.8 Å². The Bertz CT molecular complexity index is 761. The lowest BCUT2D eigenvalue weighted by Gasteiger charge is -2.13. The summed E-state index contributed by atoms with van der Waals surface area (Å²) in [5.41, 5.74) is 2.91. The molecule has 0 aliphatic heterocycles. The number of methoxy groups -OCH3 is 1. The van der Waals surface area contributed by atoms with E-state index in [4.69, 9.17) is 9.84 Å². The van der Waals surface area contributed by atoms with Gasteiger partial charge >= 0.3 is 5.97 Å². The van der Waals surface area contributed by atoms with Crippen molar-refractivity contribution in [2.45, 2.75) is 25.5 Å². The molecule has 0 heterocycles. The van der Waals surface area contributed by atoms with Crippen LogP contribution in [-0.2, 0) is 21.8 Å². The standard InChI is InChI=1S/C21H25NO4S/c1-15(12-16-6-8-19(26-2)9-7-16)21(25)22-18-5-3-4-17(13-18)14-27-11-10-20(23)24/h3-9,13,15H,10-12,14H2,1-2H3,(H,22,25)(H,23,24). The van der Waals surface area contributed by atoms with Crippen molar-refractivity contribution in [3.63, 3.8) is 0 Å². The highest BCUT2D eigenvalue weighted by Gasteiger charge is 2.14. The molecule has 0 radical (unpaired) electrons. The molecule has 0 saturated heterocycles. The van der Waals surface area contributed by atoms with Crippen molar-refractivity contribution in [2.75, 3.05) is 18.2 Å². The van der Waals surface area contributed by atoms with Gasteiger partial charge in [0, 0.05) is 23.1 Å². The van der Waals surface area contributed by atoms with Gasteiger partial charge in [-0.15, -0.1) is 0 Å². The third-order valence-electron chi connectivity index (χ3n) is 4.07. The summed E-state index contributed by atoms with van der Waals surface area (Å²) >= 11 is 1.57. The minimum atomic E-state index is -0.783. The van der Waals surface area contributed by atoms with E-state index in [0.29, 0.717) is 12.2 Å². The lowest BCUT2D eigenvalue weighted by atomic mass is 10.00. The Kier molecular flexibility index (Phi) is 8.20. The maximum Gasteiger partial charge on any atom is 0.304 e. The van der Waals surface area contributed by atoms with E-state index in [1.165, 1.54) is 0 Å². The molecule has 144 valence electrons. The molecule has 0 aliphatic rings. The monoisotopic (exact) mass is 387 g/mol. The number of benzene rings is 2. The molecule has 1 amide bonds. The number of anilines is 1. The minimum absolute atomic E-state index is 0.0264. The number of hydrogen-bond donors (Lipinski definition) is 2. The predicted molar refractivity (Wildman–Crippen MR) is 109 cm³/mol. The number of nitrogens with one attached hydrogen (secondary N) is 1. The molecule has 0 bridgehead atoms. The zero-order valence-corrected chi connectivity index (χ0v) is 16.4. The average molecular weight is 388 g/mol. The zero-order valence-electron chi connectivity index (χ0n) is 15.6. The molecular formula is C21H25NO4S. The molecule has 2 aromatic rings. The Labute approximate surface area is 164 Å². The highest BCUT2D eigenvalue weighted by Crippen LogP contribution is 2.19. The Morgan fingerprint density at radius 3 is 2.56 bits per heavy atom. The van der Waals surface area contributed by atoms with Crippen molar-refractivity contribution in [1.29, 1.82) is 0 Å². The van der Waals surface area contributed by atoms with E-state index in [9.17, 15) is 9.59 Å². The van der Waals surface area contributed by atoms with Gasteiger partial charge in [0.05, 0.1) is 13.5 Å². The number of carbonyl (C=O) groups excluding carboxylic acids is 1. The fourth-order valence-electron chi connectivity index (χ4n) is 2.56. The highest BCUT2D eigenvalue weighted by atomic mass is 32.2. The van der Waals surface area contributed by atoms with Crippen molar-refractivity contribution >= 4 is 29.3 Å². The maximum atomic E-state index is 12.5. The summed E-state index contributed by atoms with van der Waals surface area (Å²) in [4.78, 5) is 23.0. The first kappa shape index (κ1) is 20.8. The van der Waals surface area contributed by atoms with Gasteiger partial charge in [-0.3, -0.25) is 9.59 Å². The SMILES string of the molecule is COc1ccc(CC(C)C(=O)Nc2cccc(CSCCC(=O)O)c2)cc1. The molecule has 6 heteroatoms. The summed E-state index contributed by atoms with van der Waals surface area (Å²) in [5.74, 6) is 1.13. The Morgan fingerprint density at radius 2 is 1.89 bits per heavy atom. The fraction of sp³-hybridized carbons (Fsp3) is 0.333. The molecule has 0 saturated carbocycles. The normalized spacial score (nSPS) is 11.6. The number of ether oxygens (including phenoxy) is 1. The lowest BCUT2D eigenvalue weighted by molar-refractivity contribution is -0.136. The molecule has 0 aromatic heterocycles. The van der Waals surface area contributed by atoms with Crippen LogP contribution in [0.5, 0.6) is 5.75 Å². The van der Waals surface area contributed by atoms with Gasteiger partial charge in [0.2, 0.25) is 5.91 Å². The molecule has 0 fully saturated rings. The van der Waals surface area contributed by atoms with Gasteiger partial charge in [-0.25, -0.2) is 0 Å². The summed E-state index contributed by atoms with van der Waals surface area (Å²) in [5, 5.41) is 11.6. The zero-order chi connectivity index (χ0) is 19.6. The molecular weight excluding hydrogens is 362 g/mol. The van der Waals surface area contributed by atoms with Crippen molar-refractivity contribution in [3.05, 3.63) is 59.7 Å². The predicted octanol–water partition coefficient (Wildman–Crippen LogP) is 4.22. The summed E-state index contributed by atoms with van der Waals surface area (Å²) < 4.78 is 5.15. The third kappa shape index (κ3) is 7.35. The Hall–Kier alpha value is -2.47. The third-order valence-corrected chi connectivity index (χ3v) is 5.10. The summed E-state index contributed by atoms with van der Waals surface area (Å²) in [7, 11) is 1.63. The number of hydrogen-bond acceptors (Lipinski definition) is 4. The smallest absolute Gasteiger partial charge is 0.304 e. The van der Waals surface area contributed by atoms with Gasteiger partial charge in [0.1, 0.15) is 5.75 Å². The van der Waals surface area contributed by atoms with Gasteiger partial charge in [-0.05, 0) is 41.8 Å². The highest BCUT2D eigenvalue weighted by molar-refractivity contribution is 7.98. The first-order valence-corrected chi connectivity index (χ1v) is 9.95. The molecule has 0 spiro atoms. The van der Waals surface area contributed by atoms with E-state index in [-0.39, 0.29) is 18.2 Å². The second-order valence-electron chi connectivity index (χ2n) is 6.34. The topological polar surface area (TPSA) is 75.6 Å². The average Bonchev–Trinajstić information content (AvgIpc) is 2.66. The van der Waals surface area contributed by atoms with E-state index < -0.39 is 5.97 Å². The summed E-state index contributed by atoms with van der Waals surface area (Å²) in [6.45, 7) is 1.91. The van der Waals surface area contributed by atoms with Crippen LogP contribution in [0.2, 0.25) is 0 Å². The summed E-state index contributed by atoms with van der Waals surface area (Å²) in [6.07, 6.45) is 0.810. The quantitative estimate of drug-likeness (QED) is 0.597. The number of aliphatic carboxylic acids is 1. The van der Waals surface area contributed by atoms with Crippen molar-refractivity contribution < 1.29 is 19.4 Å². The maximum absolute atomic E-state index is 12.5. The van der Waals surface area contributed by atoms with Crippen molar-refractivity contribution in [2.24, 2.45) is 5.92 Å². The number of carboxylic acids is 1. The molecule has 1 unspecified atom stereocenters. The molecule has 5 nitrogen and oxygen atoms in total. The van der Waals surface area contributed by atoms with Gasteiger partial charge in [-0.1, -0.05) is 31.2 Å². The Balaban J connectivity index is 1.86. The largest absolute Gasteiger partial charge is 0.497 e. The molecule has 2 aromatic carbocycles. The second-order valence-corrected chi connectivity index (χ2v) is 7.44. The minimum Gasteiger partial charge on any atom is -0.497 e. The van der Waals surface area contributed by atoms with Gasteiger partial charge in [-0.2, -0.15) is 11.8 Å². The molecule has 27 heavy (non-hydrogen) atoms. The van der Waals surface area contributed by atoms with Crippen LogP contribution in [0.4, 0.5) is 5.69 Å². The molecule has 2 rings (SSSR count). The molecule has 1 atom stereocenters. The van der Waals surface area contributed by atoms with Crippen molar-refractivity contribution in [1.82, 2.24) is 0 Å². The van der Waals surface area contributed by atoms with Crippen molar-refractivity contribution in [3.8, 4) is 5.75 Å². The van der Waals surface area contributed by atoms with Crippen LogP contribution >= 0.6 is 11.8 Å². The van der Waals surface area contributed by atoms with E-state index in [1.807, 2.05) is 55.5 Å². The first-order valence-electron chi connectivity index (χ1n) is 8.80. The number of amides is 1. The fourth-order valence-corrected chi connectivity index (χ4v) is 3.44. The van der Waals surface area contributed by atoms with Crippen LogP contribution in [0.3, 0.4) is 0 Å². The lowest BCUT2D eigenvalue weighted by Crippen LogP contribution is -2.22. The van der Waals surface area contributed by atoms with Gasteiger partial charge in [0.15, 0.2) is 0 Å². The molecule has 0 aliphatic carbocycles. The van der Waals surface area contributed by atoms with Gasteiger partial charge < -0.3 is 15.2 Å². The van der Waals surface area contributed by atoms with Crippen LogP contribution in [0.15, 0.2) is 48.5 Å². The van der Waals surface area contributed by atoms with Crippen LogP contribution in [0.25, 0.3) is 0 Å². The number of carboxylic acid groups (broad SMARTS) is 1. The van der Waals surface area contributed by atoms with E-state index in [0.717, 1.165) is 28.3 Å².